The molecule has 102 valence electrons. The van der Waals surface area contributed by atoms with Crippen molar-refractivity contribution in [2.75, 3.05) is 0 Å². The third-order valence-corrected chi connectivity index (χ3v) is 4.69. The maximum atomic E-state index is 13.6. The fourth-order valence-electron chi connectivity index (χ4n) is 3.61. The van der Waals surface area contributed by atoms with Crippen LogP contribution in [0.3, 0.4) is 0 Å². The van der Waals surface area contributed by atoms with Crippen LogP contribution in [0.4, 0.5) is 4.39 Å². The van der Waals surface area contributed by atoms with Crippen molar-refractivity contribution in [2.45, 2.75) is 26.2 Å². The lowest BCUT2D eigenvalue weighted by molar-refractivity contribution is -0.123. The first-order valence-electron chi connectivity index (χ1n) is 6.67. The molecule has 3 nitrogen and oxygen atoms in total. The Morgan fingerprint density at radius 2 is 2.25 bits per heavy atom. The van der Waals surface area contributed by atoms with Crippen LogP contribution >= 0.6 is 0 Å². The Kier molecular flexibility index (Phi) is 2.68. The lowest BCUT2D eigenvalue weighted by atomic mass is 9.78. The van der Waals surface area contributed by atoms with E-state index in [0.29, 0.717) is 11.1 Å². The lowest BCUT2D eigenvalue weighted by Crippen LogP contribution is -2.26. The zero-order valence-corrected chi connectivity index (χ0v) is 11.1. The van der Waals surface area contributed by atoms with Crippen LogP contribution in [0.5, 0.6) is 5.75 Å². The molecule has 2 aliphatic carbocycles. The van der Waals surface area contributed by atoms with Crippen molar-refractivity contribution in [1.29, 1.82) is 5.26 Å². The molecular weight excluding hydrogens is 257 g/mol. The second kappa shape index (κ2) is 4.17. The molecule has 1 N–H and O–H groups in total. The van der Waals surface area contributed by atoms with E-state index >= 15 is 0 Å². The quantitative estimate of drug-likeness (QED) is 0.853. The van der Waals surface area contributed by atoms with Crippen molar-refractivity contribution in [3.63, 3.8) is 0 Å². The molecule has 0 spiro atoms. The lowest BCUT2D eigenvalue weighted by Gasteiger charge is -2.23. The molecule has 2 atom stereocenters. The van der Waals surface area contributed by atoms with Crippen molar-refractivity contribution in [3.05, 3.63) is 35.2 Å². The second-order valence-electron chi connectivity index (χ2n) is 5.76. The molecular formula is C16H14FNO2. The van der Waals surface area contributed by atoms with Crippen molar-refractivity contribution in [2.24, 2.45) is 11.3 Å². The molecule has 0 saturated heterocycles. The first-order chi connectivity index (χ1) is 9.49. The summed E-state index contributed by atoms with van der Waals surface area (Å²) in [6, 6.07) is 6.04. The molecule has 0 amide bonds. The Hall–Kier alpha value is -2.15. The van der Waals surface area contributed by atoms with Crippen LogP contribution in [-0.2, 0) is 4.79 Å². The monoisotopic (exact) mass is 271 g/mol. The minimum atomic E-state index is -0.730. The highest BCUT2D eigenvalue weighted by Gasteiger charge is 2.53. The molecule has 2 aliphatic rings. The molecule has 1 fully saturated rings. The third kappa shape index (κ3) is 1.53. The number of phenolic OH excluding ortho intramolecular Hbond substituents is 1. The van der Waals surface area contributed by atoms with E-state index in [1.54, 1.807) is 6.07 Å². The first-order valence-corrected chi connectivity index (χ1v) is 6.67. The van der Waals surface area contributed by atoms with Crippen LogP contribution in [0.1, 0.15) is 31.7 Å². The number of hydrogen-bond donors (Lipinski definition) is 1. The Balaban J connectivity index is 2.19. The Morgan fingerprint density at radius 3 is 2.90 bits per heavy atom. The largest absolute Gasteiger partial charge is 0.505 e. The van der Waals surface area contributed by atoms with Gasteiger partial charge < -0.3 is 5.11 Å². The van der Waals surface area contributed by atoms with E-state index in [0.717, 1.165) is 19.3 Å². The van der Waals surface area contributed by atoms with Gasteiger partial charge in [-0.2, -0.15) is 5.26 Å². The van der Waals surface area contributed by atoms with Gasteiger partial charge in [-0.05, 0) is 42.0 Å². The van der Waals surface area contributed by atoms with E-state index in [9.17, 15) is 19.6 Å². The maximum Gasteiger partial charge on any atom is 0.180 e. The number of carbonyl (C=O) groups is 1. The van der Waals surface area contributed by atoms with Gasteiger partial charge in [-0.15, -0.1) is 0 Å². The molecule has 1 aromatic carbocycles. The van der Waals surface area contributed by atoms with Crippen LogP contribution in [0.25, 0.3) is 5.57 Å². The zero-order valence-electron chi connectivity index (χ0n) is 11.1. The smallest absolute Gasteiger partial charge is 0.180 e. The molecule has 0 radical (unpaired) electrons. The zero-order chi connectivity index (χ0) is 14.5. The van der Waals surface area contributed by atoms with Gasteiger partial charge >= 0.3 is 0 Å². The molecule has 0 heterocycles. The summed E-state index contributed by atoms with van der Waals surface area (Å²) in [5.74, 6) is -1.29. The van der Waals surface area contributed by atoms with E-state index in [1.165, 1.54) is 12.1 Å². The number of halogens is 1. The van der Waals surface area contributed by atoms with E-state index in [2.05, 4.69) is 0 Å². The SMILES string of the molecule is CC12CCCC1C(c1ccc(O)c(F)c1)=C(C#N)C2=O. The summed E-state index contributed by atoms with van der Waals surface area (Å²) < 4.78 is 13.6. The summed E-state index contributed by atoms with van der Waals surface area (Å²) in [6.07, 6.45) is 2.55. The summed E-state index contributed by atoms with van der Waals surface area (Å²) in [5.41, 5.74) is 0.814. The number of carbonyl (C=O) groups excluding carboxylic acids is 1. The number of benzene rings is 1. The van der Waals surface area contributed by atoms with Crippen molar-refractivity contribution < 1.29 is 14.3 Å². The van der Waals surface area contributed by atoms with Gasteiger partial charge in [-0.1, -0.05) is 19.4 Å². The Labute approximate surface area is 116 Å². The average Bonchev–Trinajstić information content (AvgIpc) is 2.89. The van der Waals surface area contributed by atoms with Crippen LogP contribution in [0.2, 0.25) is 0 Å². The highest BCUT2D eigenvalue weighted by atomic mass is 19.1. The van der Waals surface area contributed by atoms with Crippen LogP contribution < -0.4 is 0 Å². The number of aromatic hydroxyl groups is 1. The number of hydrogen-bond acceptors (Lipinski definition) is 3. The van der Waals surface area contributed by atoms with Gasteiger partial charge in [-0.3, -0.25) is 4.79 Å². The van der Waals surface area contributed by atoms with Crippen LogP contribution in [0.15, 0.2) is 23.8 Å². The second-order valence-corrected chi connectivity index (χ2v) is 5.76. The number of fused-ring (bicyclic) bond motifs is 1. The molecule has 0 aliphatic heterocycles. The normalized spacial score (nSPS) is 28.6. The Bertz CT molecular complexity index is 686. The van der Waals surface area contributed by atoms with Crippen LogP contribution in [-0.4, -0.2) is 10.9 Å². The van der Waals surface area contributed by atoms with Gasteiger partial charge in [0, 0.05) is 5.41 Å². The van der Waals surface area contributed by atoms with Gasteiger partial charge in [0.05, 0.1) is 5.57 Å². The maximum absolute atomic E-state index is 13.6. The summed E-state index contributed by atoms with van der Waals surface area (Å²) in [7, 11) is 0. The number of nitrogens with zero attached hydrogens (tertiary/aromatic N) is 1. The number of phenols is 1. The summed E-state index contributed by atoms with van der Waals surface area (Å²) in [4.78, 5) is 12.5. The standard InChI is InChI=1S/C16H14FNO2/c1-16-6-2-3-11(16)14(10(8-18)15(16)20)9-4-5-13(19)12(17)7-9/h4-5,7,11,19H,2-3,6H2,1H3. The number of ketones is 1. The fourth-order valence-corrected chi connectivity index (χ4v) is 3.61. The van der Waals surface area contributed by atoms with E-state index < -0.39 is 17.0 Å². The van der Waals surface area contributed by atoms with Crippen molar-refractivity contribution >= 4 is 11.4 Å². The average molecular weight is 271 g/mol. The van der Waals surface area contributed by atoms with E-state index in [-0.39, 0.29) is 17.3 Å². The predicted molar refractivity (Wildman–Crippen MR) is 71.1 cm³/mol. The summed E-state index contributed by atoms with van der Waals surface area (Å²) >= 11 is 0. The Morgan fingerprint density at radius 1 is 1.50 bits per heavy atom. The number of Topliss-reactive ketones (excluding diaryl/α,β-unsaturated/α-hetero) is 1. The number of nitriles is 1. The number of allylic oxidation sites excluding steroid dienone is 2. The summed E-state index contributed by atoms with van der Waals surface area (Å²) in [5, 5.41) is 18.6. The van der Waals surface area contributed by atoms with Gasteiger partial charge in [0.15, 0.2) is 17.3 Å². The molecule has 1 saturated carbocycles. The molecule has 1 aromatic rings. The molecule has 0 aromatic heterocycles. The van der Waals surface area contributed by atoms with E-state index in [1.807, 2.05) is 13.0 Å². The summed E-state index contributed by atoms with van der Waals surface area (Å²) in [6.45, 7) is 1.90. The highest BCUT2D eigenvalue weighted by molar-refractivity contribution is 6.14. The molecule has 2 unspecified atom stereocenters. The molecule has 3 rings (SSSR count). The van der Waals surface area contributed by atoms with Crippen LogP contribution in [0, 0.1) is 28.5 Å². The topological polar surface area (TPSA) is 61.1 Å². The highest BCUT2D eigenvalue weighted by Crippen LogP contribution is 2.57. The van der Waals surface area contributed by atoms with Gasteiger partial charge in [-0.25, -0.2) is 4.39 Å². The van der Waals surface area contributed by atoms with Crippen molar-refractivity contribution in [3.8, 4) is 11.8 Å². The van der Waals surface area contributed by atoms with Gasteiger partial charge in [0.2, 0.25) is 0 Å². The number of rotatable bonds is 1. The minimum Gasteiger partial charge on any atom is -0.505 e. The van der Waals surface area contributed by atoms with Crippen molar-refractivity contribution in [1.82, 2.24) is 0 Å². The molecule has 4 heteroatoms. The third-order valence-electron chi connectivity index (χ3n) is 4.69. The first kappa shape index (κ1) is 12.9. The van der Waals surface area contributed by atoms with Gasteiger partial charge in [0.25, 0.3) is 0 Å². The molecule has 20 heavy (non-hydrogen) atoms. The van der Waals surface area contributed by atoms with E-state index in [4.69, 9.17) is 0 Å². The predicted octanol–water partition coefficient (Wildman–Crippen LogP) is 3.20. The van der Waals surface area contributed by atoms with Gasteiger partial charge in [0.1, 0.15) is 6.07 Å². The fraction of sp³-hybridized carbons (Fsp3) is 0.375. The molecule has 0 bridgehead atoms. The minimum absolute atomic E-state index is 0.0198.